The van der Waals surface area contributed by atoms with Crippen LogP contribution in [0.2, 0.25) is 0 Å². The van der Waals surface area contributed by atoms with Gasteiger partial charge in [0.15, 0.2) is 0 Å². The zero-order valence-corrected chi connectivity index (χ0v) is 14.0. The minimum atomic E-state index is 0. The lowest BCUT2D eigenvalue weighted by atomic mass is 9.51. The third-order valence-corrected chi connectivity index (χ3v) is 8.29. The largest absolute Gasteiger partial charge is 0.103 e. The number of fused-ring (bicyclic) bond motifs is 5. The van der Waals surface area contributed by atoms with E-state index in [9.17, 15) is 0 Å². The van der Waals surface area contributed by atoms with E-state index in [1.165, 1.54) is 51.4 Å². The van der Waals surface area contributed by atoms with Crippen molar-refractivity contribution in [1.29, 1.82) is 0 Å². The summed E-state index contributed by atoms with van der Waals surface area (Å²) in [5, 5.41) is 0. The van der Waals surface area contributed by atoms with Gasteiger partial charge in [-0.2, -0.15) is 0 Å². The van der Waals surface area contributed by atoms with Gasteiger partial charge in [0.2, 0.25) is 0 Å². The molecule has 0 aromatic rings. The third kappa shape index (κ3) is 2.01. The van der Waals surface area contributed by atoms with Crippen LogP contribution in [0.4, 0.5) is 0 Å². The molecule has 0 amide bonds. The van der Waals surface area contributed by atoms with Gasteiger partial charge in [-0.25, -0.2) is 0 Å². The van der Waals surface area contributed by atoms with E-state index >= 15 is 0 Å². The molecule has 0 saturated heterocycles. The predicted molar refractivity (Wildman–Crippen MR) is 92.1 cm³/mol. The molecule has 0 aromatic carbocycles. The second kappa shape index (κ2) is 5.00. The molecule has 0 spiro atoms. The summed E-state index contributed by atoms with van der Waals surface area (Å²) >= 11 is 0. The highest BCUT2D eigenvalue weighted by atomic mass is 14.6. The molecule has 21 heavy (non-hydrogen) atoms. The van der Waals surface area contributed by atoms with Gasteiger partial charge < -0.3 is 0 Å². The molecule has 3 fully saturated rings. The highest BCUT2D eigenvalue weighted by molar-refractivity contribution is 5.20. The van der Waals surface area contributed by atoms with E-state index in [2.05, 4.69) is 32.6 Å². The molecule has 0 heterocycles. The van der Waals surface area contributed by atoms with E-state index in [1.807, 2.05) is 5.57 Å². The lowest BCUT2D eigenvalue weighted by Crippen LogP contribution is -2.45. The van der Waals surface area contributed by atoms with Crippen LogP contribution >= 0.6 is 0 Å². The molecular weight excluding hydrogens is 252 g/mol. The van der Waals surface area contributed by atoms with Gasteiger partial charge in [-0.15, -0.1) is 6.58 Å². The number of hydrogen-bond donors (Lipinski definition) is 0. The maximum atomic E-state index is 4.04. The molecular formula is C21H34. The van der Waals surface area contributed by atoms with Crippen molar-refractivity contribution < 1.29 is 1.43 Å². The van der Waals surface area contributed by atoms with E-state index in [4.69, 9.17) is 0 Å². The van der Waals surface area contributed by atoms with Crippen LogP contribution in [0.3, 0.4) is 0 Å². The molecule has 4 rings (SSSR count). The highest BCUT2D eigenvalue weighted by Crippen LogP contribution is 2.63. The summed E-state index contributed by atoms with van der Waals surface area (Å²) in [7, 11) is 0. The molecule has 0 aliphatic heterocycles. The molecule has 4 aliphatic carbocycles. The molecule has 0 aromatic heterocycles. The van der Waals surface area contributed by atoms with Crippen LogP contribution in [0.15, 0.2) is 24.3 Å². The normalized spacial score (nSPS) is 52.4. The van der Waals surface area contributed by atoms with E-state index in [1.54, 1.807) is 0 Å². The van der Waals surface area contributed by atoms with Gasteiger partial charge in [-0.1, -0.05) is 31.6 Å². The van der Waals surface area contributed by atoms with Crippen molar-refractivity contribution in [2.45, 2.75) is 65.2 Å². The fourth-order valence-corrected chi connectivity index (χ4v) is 6.77. The molecule has 0 heteroatoms. The second-order valence-electron chi connectivity index (χ2n) is 8.86. The molecule has 7 atom stereocenters. The Morgan fingerprint density at radius 1 is 1.19 bits per heavy atom. The van der Waals surface area contributed by atoms with Crippen LogP contribution < -0.4 is 0 Å². The number of hydrogen-bond acceptors (Lipinski definition) is 0. The molecule has 0 N–H and O–H groups in total. The van der Waals surface area contributed by atoms with Crippen LogP contribution in [-0.4, -0.2) is 0 Å². The Hall–Kier alpha value is -0.520. The standard InChI is InChI=1S/C21H32.H2/c1-4-15-6-8-17-16(13-15)7-9-19-18(17)11-12-21(3)14(2)5-10-20(19)21;/h4,7,14-15,17-20H,1,5-6,8-13H2,2-3H3;1H/t14-,15?,17?,18?,19?,20?,21+;/m0./s1. The zero-order valence-electron chi connectivity index (χ0n) is 14.0. The monoisotopic (exact) mass is 286 g/mol. The average molecular weight is 287 g/mol. The molecule has 5 unspecified atom stereocenters. The predicted octanol–water partition coefficient (Wildman–Crippen LogP) is 6.24. The molecule has 0 bridgehead atoms. The first-order valence-electron chi connectivity index (χ1n) is 9.45. The summed E-state index contributed by atoms with van der Waals surface area (Å²) in [5.74, 6) is 5.75. The van der Waals surface area contributed by atoms with E-state index in [0.29, 0.717) is 5.41 Å². The lowest BCUT2D eigenvalue weighted by Gasteiger charge is -2.53. The van der Waals surface area contributed by atoms with Gasteiger partial charge in [0.05, 0.1) is 0 Å². The summed E-state index contributed by atoms with van der Waals surface area (Å²) in [5.41, 5.74) is 2.49. The second-order valence-corrected chi connectivity index (χ2v) is 8.86. The molecule has 0 nitrogen and oxygen atoms in total. The van der Waals surface area contributed by atoms with E-state index in [-0.39, 0.29) is 1.43 Å². The molecule has 118 valence electrons. The summed E-state index contributed by atoms with van der Waals surface area (Å²) in [4.78, 5) is 0. The zero-order chi connectivity index (χ0) is 14.6. The molecule has 3 saturated carbocycles. The first kappa shape index (κ1) is 14.1. The third-order valence-electron chi connectivity index (χ3n) is 8.29. The van der Waals surface area contributed by atoms with Crippen molar-refractivity contribution in [2.75, 3.05) is 0 Å². The topological polar surface area (TPSA) is 0 Å². The van der Waals surface area contributed by atoms with Crippen molar-refractivity contribution >= 4 is 0 Å². The van der Waals surface area contributed by atoms with Crippen LogP contribution in [0.25, 0.3) is 0 Å². The van der Waals surface area contributed by atoms with Crippen molar-refractivity contribution in [3.63, 3.8) is 0 Å². The number of rotatable bonds is 1. The summed E-state index contributed by atoms with van der Waals surface area (Å²) in [6, 6.07) is 0. The van der Waals surface area contributed by atoms with Crippen LogP contribution in [-0.2, 0) is 0 Å². The Morgan fingerprint density at radius 2 is 2.05 bits per heavy atom. The SMILES string of the molecule is C=CC1CCC2C(=CCC3C2CC[C@@]2(C)C3CC[C@@H]2C)C1.[HH]. The average Bonchev–Trinajstić information content (AvgIpc) is 2.82. The maximum absolute atomic E-state index is 4.04. The van der Waals surface area contributed by atoms with Gasteiger partial charge in [0.25, 0.3) is 0 Å². The fourth-order valence-electron chi connectivity index (χ4n) is 6.77. The fraction of sp³-hybridized carbons (Fsp3) is 0.810. The van der Waals surface area contributed by atoms with Gasteiger partial charge in [-0.3, -0.25) is 0 Å². The smallest absolute Gasteiger partial charge is 0 e. The molecule has 4 aliphatic rings. The Bertz CT molecular complexity index is 465. The van der Waals surface area contributed by atoms with Crippen molar-refractivity contribution in [1.82, 2.24) is 0 Å². The van der Waals surface area contributed by atoms with Crippen LogP contribution in [0.5, 0.6) is 0 Å². The molecule has 0 radical (unpaired) electrons. The van der Waals surface area contributed by atoms with Crippen molar-refractivity contribution in [3.05, 3.63) is 24.3 Å². The highest BCUT2D eigenvalue weighted by Gasteiger charge is 2.54. The van der Waals surface area contributed by atoms with Crippen molar-refractivity contribution in [2.24, 2.45) is 40.9 Å². The van der Waals surface area contributed by atoms with Crippen LogP contribution in [0, 0.1) is 40.9 Å². The van der Waals surface area contributed by atoms with E-state index in [0.717, 1.165) is 35.5 Å². The Labute approximate surface area is 132 Å². The summed E-state index contributed by atoms with van der Waals surface area (Å²) < 4.78 is 0. The van der Waals surface area contributed by atoms with Gasteiger partial charge in [0, 0.05) is 1.43 Å². The minimum absolute atomic E-state index is 0. The summed E-state index contributed by atoms with van der Waals surface area (Å²) in [6.07, 6.45) is 16.5. The van der Waals surface area contributed by atoms with Crippen LogP contribution in [0.1, 0.15) is 66.6 Å². The Balaban J connectivity index is 0.00000144. The first-order valence-corrected chi connectivity index (χ1v) is 9.45. The van der Waals surface area contributed by atoms with Gasteiger partial charge in [0.1, 0.15) is 0 Å². The van der Waals surface area contributed by atoms with Gasteiger partial charge in [-0.05, 0) is 92.3 Å². The lowest BCUT2D eigenvalue weighted by molar-refractivity contribution is -0.00963. The quantitative estimate of drug-likeness (QED) is 0.500. The Morgan fingerprint density at radius 3 is 2.86 bits per heavy atom. The van der Waals surface area contributed by atoms with Crippen molar-refractivity contribution in [3.8, 4) is 0 Å². The Kier molecular flexibility index (Phi) is 3.36. The first-order chi connectivity index (χ1) is 10.1. The maximum Gasteiger partial charge on any atom is 0 e. The minimum Gasteiger partial charge on any atom is -0.103 e. The summed E-state index contributed by atoms with van der Waals surface area (Å²) in [6.45, 7) is 9.19. The van der Waals surface area contributed by atoms with E-state index < -0.39 is 0 Å². The van der Waals surface area contributed by atoms with Gasteiger partial charge >= 0.3 is 0 Å². The number of allylic oxidation sites excluding steroid dienone is 3.